The van der Waals surface area contributed by atoms with Gasteiger partial charge in [-0.2, -0.15) is 0 Å². The van der Waals surface area contributed by atoms with Gasteiger partial charge in [0.15, 0.2) is 0 Å². The summed E-state index contributed by atoms with van der Waals surface area (Å²) in [5.74, 6) is -0.326. The van der Waals surface area contributed by atoms with Crippen LogP contribution in [0.5, 0.6) is 0 Å². The molecule has 1 fully saturated rings. The third kappa shape index (κ3) is 4.75. The minimum Gasteiger partial charge on any atom is -0.289 e. The van der Waals surface area contributed by atoms with Gasteiger partial charge < -0.3 is 0 Å². The second-order valence-corrected chi connectivity index (χ2v) is 7.60. The van der Waals surface area contributed by atoms with E-state index in [-0.39, 0.29) is 18.0 Å². The van der Waals surface area contributed by atoms with Crippen LogP contribution in [0.2, 0.25) is 0 Å². The molecule has 2 aromatic rings. The number of aryl methyl sites for hydroxylation is 2. The average molecular weight is 383 g/mol. The molecule has 1 saturated heterocycles. The Bertz CT molecular complexity index is 742. The van der Waals surface area contributed by atoms with Crippen LogP contribution in [0.25, 0.3) is 0 Å². The van der Waals surface area contributed by atoms with Crippen LogP contribution < -0.4 is 5.48 Å². The predicted octanol–water partition coefficient (Wildman–Crippen LogP) is 4.04. The average Bonchev–Trinajstić information content (AvgIpc) is 2.72. The Kier molecular flexibility index (Phi) is 7.12. The van der Waals surface area contributed by atoms with Crippen molar-refractivity contribution in [3.63, 3.8) is 0 Å². The van der Waals surface area contributed by atoms with Crippen molar-refractivity contribution in [1.29, 1.82) is 0 Å². The van der Waals surface area contributed by atoms with E-state index in [1.54, 1.807) is 5.48 Å². The fourth-order valence-corrected chi connectivity index (χ4v) is 4.28. The van der Waals surface area contributed by atoms with Crippen LogP contribution in [0.15, 0.2) is 36.7 Å². The SMILES string of the molecule is Cc1cccnc1[C@H]1CCC[C@@H](c2ncccc2C)N1CCCCC(=O)NO. The number of carbonyl (C=O) groups excluding carboxylic acids is 1. The molecule has 0 aromatic carbocycles. The first-order valence-electron chi connectivity index (χ1n) is 10.1. The Labute approximate surface area is 167 Å². The number of piperidine rings is 1. The Balaban J connectivity index is 1.84. The molecule has 150 valence electrons. The van der Waals surface area contributed by atoms with Crippen LogP contribution in [0.1, 0.15) is 73.1 Å². The number of aromatic nitrogens is 2. The Morgan fingerprint density at radius 2 is 1.64 bits per heavy atom. The van der Waals surface area contributed by atoms with E-state index >= 15 is 0 Å². The second-order valence-electron chi connectivity index (χ2n) is 7.60. The molecule has 6 heteroatoms. The molecular weight excluding hydrogens is 352 g/mol. The molecule has 2 aromatic heterocycles. The number of pyridine rings is 2. The molecule has 2 atom stereocenters. The zero-order valence-corrected chi connectivity index (χ0v) is 16.8. The molecule has 28 heavy (non-hydrogen) atoms. The van der Waals surface area contributed by atoms with Gasteiger partial charge in [0.1, 0.15) is 0 Å². The standard InChI is InChI=1S/C22H30N4O2/c1-16-8-6-13-23-21(16)18-10-5-11-19(22-17(2)9-7-14-24-22)26(18)15-4-3-12-20(27)25-28/h6-9,13-14,18-19,28H,3-5,10-12,15H2,1-2H3,(H,25,27)/t18-,19+. The van der Waals surface area contributed by atoms with Crippen LogP contribution in [0, 0.1) is 13.8 Å². The number of hydrogen-bond donors (Lipinski definition) is 2. The molecule has 3 heterocycles. The molecule has 0 aliphatic carbocycles. The fourth-order valence-electron chi connectivity index (χ4n) is 4.28. The van der Waals surface area contributed by atoms with Crippen LogP contribution in [-0.2, 0) is 4.79 Å². The number of rotatable bonds is 7. The molecule has 6 nitrogen and oxygen atoms in total. The normalized spacial score (nSPS) is 20.1. The third-order valence-electron chi connectivity index (χ3n) is 5.68. The molecule has 0 radical (unpaired) electrons. The van der Waals surface area contributed by atoms with Gasteiger partial charge in [-0.05, 0) is 75.8 Å². The van der Waals surface area contributed by atoms with E-state index < -0.39 is 0 Å². The summed E-state index contributed by atoms with van der Waals surface area (Å²) in [5.41, 5.74) is 6.45. The maximum Gasteiger partial charge on any atom is 0.243 e. The highest BCUT2D eigenvalue weighted by molar-refractivity contribution is 5.74. The van der Waals surface area contributed by atoms with Crippen LogP contribution in [0.4, 0.5) is 0 Å². The van der Waals surface area contributed by atoms with Gasteiger partial charge in [-0.25, -0.2) is 5.48 Å². The number of nitrogens with zero attached hydrogens (tertiary/aromatic N) is 3. The molecule has 0 saturated carbocycles. The lowest BCUT2D eigenvalue weighted by Gasteiger charge is -2.42. The van der Waals surface area contributed by atoms with E-state index in [0.29, 0.717) is 6.42 Å². The zero-order chi connectivity index (χ0) is 19.9. The van der Waals surface area contributed by atoms with E-state index in [4.69, 9.17) is 15.2 Å². The second kappa shape index (κ2) is 9.75. The lowest BCUT2D eigenvalue weighted by Crippen LogP contribution is -2.38. The number of unbranched alkanes of at least 4 members (excludes halogenated alkanes) is 1. The Morgan fingerprint density at radius 3 is 2.14 bits per heavy atom. The highest BCUT2D eigenvalue weighted by Crippen LogP contribution is 2.42. The van der Waals surface area contributed by atoms with Gasteiger partial charge in [-0.15, -0.1) is 0 Å². The summed E-state index contributed by atoms with van der Waals surface area (Å²) in [7, 11) is 0. The maximum atomic E-state index is 11.3. The highest BCUT2D eigenvalue weighted by Gasteiger charge is 2.34. The van der Waals surface area contributed by atoms with Crippen LogP contribution >= 0.6 is 0 Å². The van der Waals surface area contributed by atoms with Crippen molar-refractivity contribution in [2.24, 2.45) is 0 Å². The minimum atomic E-state index is -0.326. The van der Waals surface area contributed by atoms with Crippen molar-refractivity contribution in [2.75, 3.05) is 6.54 Å². The third-order valence-corrected chi connectivity index (χ3v) is 5.68. The van der Waals surface area contributed by atoms with Crippen molar-refractivity contribution in [3.05, 3.63) is 59.2 Å². The summed E-state index contributed by atoms with van der Waals surface area (Å²) in [6.45, 7) is 5.13. The van der Waals surface area contributed by atoms with E-state index in [1.165, 1.54) is 11.1 Å². The molecule has 1 aliphatic rings. The van der Waals surface area contributed by atoms with Crippen molar-refractivity contribution in [1.82, 2.24) is 20.3 Å². The molecule has 2 N–H and O–H groups in total. The summed E-state index contributed by atoms with van der Waals surface area (Å²) in [5, 5.41) is 8.70. The van der Waals surface area contributed by atoms with Crippen molar-refractivity contribution < 1.29 is 10.0 Å². The van der Waals surface area contributed by atoms with Crippen molar-refractivity contribution in [2.45, 2.75) is 64.5 Å². The van der Waals surface area contributed by atoms with Crippen LogP contribution in [0.3, 0.4) is 0 Å². The minimum absolute atomic E-state index is 0.257. The largest absolute Gasteiger partial charge is 0.289 e. The topological polar surface area (TPSA) is 78.4 Å². The van der Waals surface area contributed by atoms with E-state index in [1.807, 2.05) is 24.5 Å². The molecular formula is C22H30N4O2. The van der Waals surface area contributed by atoms with Gasteiger partial charge in [0.05, 0.1) is 23.5 Å². The molecule has 0 unspecified atom stereocenters. The molecule has 1 aliphatic heterocycles. The van der Waals surface area contributed by atoms with Gasteiger partial charge in [0.25, 0.3) is 0 Å². The highest BCUT2D eigenvalue weighted by atomic mass is 16.5. The van der Waals surface area contributed by atoms with Gasteiger partial charge >= 0.3 is 0 Å². The summed E-state index contributed by atoms with van der Waals surface area (Å²) >= 11 is 0. The predicted molar refractivity (Wildman–Crippen MR) is 108 cm³/mol. The molecule has 3 rings (SSSR count). The summed E-state index contributed by atoms with van der Waals surface area (Å²) in [4.78, 5) is 23.3. The number of hydroxylamine groups is 1. The maximum absolute atomic E-state index is 11.3. The zero-order valence-electron chi connectivity index (χ0n) is 16.8. The molecule has 0 spiro atoms. The first-order valence-corrected chi connectivity index (χ1v) is 10.1. The number of amides is 1. The monoisotopic (exact) mass is 382 g/mol. The smallest absolute Gasteiger partial charge is 0.243 e. The summed E-state index contributed by atoms with van der Waals surface area (Å²) < 4.78 is 0. The van der Waals surface area contributed by atoms with Crippen LogP contribution in [-0.4, -0.2) is 32.5 Å². The molecule has 0 bridgehead atoms. The number of hydrogen-bond acceptors (Lipinski definition) is 5. The lowest BCUT2D eigenvalue weighted by molar-refractivity contribution is -0.129. The van der Waals surface area contributed by atoms with Gasteiger partial charge in [0, 0.05) is 18.8 Å². The first-order chi connectivity index (χ1) is 13.6. The van der Waals surface area contributed by atoms with E-state index in [9.17, 15) is 4.79 Å². The first kappa shape index (κ1) is 20.4. The summed E-state index contributed by atoms with van der Waals surface area (Å²) in [6, 6.07) is 8.74. The number of nitrogens with one attached hydrogen (secondary N) is 1. The van der Waals surface area contributed by atoms with E-state index in [0.717, 1.165) is 50.0 Å². The van der Waals surface area contributed by atoms with E-state index in [2.05, 4.69) is 30.9 Å². The van der Waals surface area contributed by atoms with Crippen molar-refractivity contribution >= 4 is 5.91 Å². The summed E-state index contributed by atoms with van der Waals surface area (Å²) in [6.07, 6.45) is 9.02. The Morgan fingerprint density at radius 1 is 1.07 bits per heavy atom. The molecule has 1 amide bonds. The van der Waals surface area contributed by atoms with Gasteiger partial charge in [-0.3, -0.25) is 24.9 Å². The number of likely N-dealkylation sites (tertiary alicyclic amines) is 1. The quantitative estimate of drug-likeness (QED) is 0.429. The number of carbonyl (C=O) groups is 1. The lowest BCUT2D eigenvalue weighted by atomic mass is 9.88. The fraction of sp³-hybridized carbons (Fsp3) is 0.500. The van der Waals surface area contributed by atoms with Gasteiger partial charge in [-0.1, -0.05) is 12.1 Å². The van der Waals surface area contributed by atoms with Crippen molar-refractivity contribution in [3.8, 4) is 0 Å². The van der Waals surface area contributed by atoms with Gasteiger partial charge in [0.2, 0.25) is 5.91 Å². The Hall–Kier alpha value is -2.31.